The van der Waals surface area contributed by atoms with E-state index in [0.29, 0.717) is 5.41 Å². The highest BCUT2D eigenvalue weighted by Crippen LogP contribution is 2.37. The fourth-order valence-electron chi connectivity index (χ4n) is 5.15. The van der Waals surface area contributed by atoms with Crippen molar-refractivity contribution in [3.63, 3.8) is 0 Å². The van der Waals surface area contributed by atoms with Crippen LogP contribution in [0, 0.1) is 5.41 Å². The standard InChI is InChI=1S/C23H58O3Si5.2C6H6.C3H6O2.C2H6O.CH4/c1-15-28(9,10)24-20-31(17-3,21-25-29(11,12)16-2)22-26-30(13,14)19-23(4,5)18-27(6,7)8;2*1-2-4-6-5-3-1;1-3(4)5-2;1-3-2;/h15-22H2,1-14H3;2*1-6H;1-2H3;1-2H3;1H4. The molecule has 306 valence electrons. The lowest BCUT2D eigenvalue weighted by molar-refractivity contribution is -0.137. The lowest BCUT2D eigenvalue weighted by Gasteiger charge is -2.40. The van der Waals surface area contributed by atoms with Crippen molar-refractivity contribution in [1.29, 1.82) is 0 Å². The number of hydrogen-bond acceptors (Lipinski definition) is 6. The van der Waals surface area contributed by atoms with E-state index in [1.54, 1.807) is 14.2 Å². The molecule has 0 saturated heterocycles. The van der Waals surface area contributed by atoms with Gasteiger partial charge in [0.25, 0.3) is 0 Å². The Morgan fingerprint density at radius 3 is 0.962 bits per heavy atom. The Balaban J connectivity index is -0.000000436. The van der Waals surface area contributed by atoms with Gasteiger partial charge in [0, 0.05) is 47.9 Å². The summed E-state index contributed by atoms with van der Waals surface area (Å²) in [5.74, 6) is -0.245. The van der Waals surface area contributed by atoms with Gasteiger partial charge in [-0.15, -0.1) is 0 Å². The van der Waals surface area contributed by atoms with E-state index in [0.717, 1.165) is 18.7 Å². The van der Waals surface area contributed by atoms with Crippen LogP contribution < -0.4 is 0 Å². The Kier molecular flexibility index (Phi) is 33.3. The molecule has 0 aliphatic heterocycles. The van der Waals surface area contributed by atoms with Gasteiger partial charge in [0.1, 0.15) is 8.07 Å². The van der Waals surface area contributed by atoms with Gasteiger partial charge in [-0.25, -0.2) is 0 Å². The minimum absolute atomic E-state index is 0. The predicted molar refractivity (Wildman–Crippen MR) is 244 cm³/mol. The van der Waals surface area contributed by atoms with Gasteiger partial charge in [-0.1, -0.05) is 147 Å². The largest absolute Gasteiger partial charge is 0.469 e. The minimum Gasteiger partial charge on any atom is -0.469 e. The SMILES string of the molecule is C.CC[Si](CO[Si](C)(C)CC)(CO[Si](C)(C)CC)CO[Si](C)(C)CC(C)(C)C[Si](C)(C)C.COC.COC(C)=O.c1ccccc1.c1ccccc1. The zero-order valence-electron chi connectivity index (χ0n) is 36.5. The van der Waals surface area contributed by atoms with E-state index in [-0.39, 0.29) is 13.4 Å². The number of ether oxygens (including phenoxy) is 2. The Labute approximate surface area is 329 Å². The highest BCUT2D eigenvalue weighted by Gasteiger charge is 2.41. The monoisotopic (exact) mass is 815 g/mol. The van der Waals surface area contributed by atoms with Gasteiger partial charge in [0.05, 0.1) is 7.11 Å². The van der Waals surface area contributed by atoms with Gasteiger partial charge < -0.3 is 22.8 Å². The third kappa shape index (κ3) is 37.2. The molecule has 2 aromatic carbocycles. The summed E-state index contributed by atoms with van der Waals surface area (Å²) in [5.41, 5.74) is 0.373. The van der Waals surface area contributed by atoms with E-state index in [1.807, 2.05) is 72.8 Å². The van der Waals surface area contributed by atoms with Crippen molar-refractivity contribution in [2.24, 2.45) is 5.41 Å². The van der Waals surface area contributed by atoms with Crippen molar-refractivity contribution < 1.29 is 27.5 Å². The molecule has 6 nitrogen and oxygen atoms in total. The molecule has 0 N–H and O–H groups in total. The van der Waals surface area contributed by atoms with Gasteiger partial charge >= 0.3 is 5.97 Å². The maximum absolute atomic E-state index is 9.59. The quantitative estimate of drug-likeness (QED) is 0.124. The molecule has 52 heavy (non-hydrogen) atoms. The fourth-order valence-corrected chi connectivity index (χ4v) is 20.6. The average Bonchev–Trinajstić information content (AvgIpc) is 3.06. The van der Waals surface area contributed by atoms with Gasteiger partial charge in [0.15, 0.2) is 25.0 Å². The van der Waals surface area contributed by atoms with Crippen LogP contribution in [-0.4, -0.2) is 87.1 Å². The minimum atomic E-state index is -1.81. The third-order valence-electron chi connectivity index (χ3n) is 8.29. The number of hydrogen-bond donors (Lipinski definition) is 0. The smallest absolute Gasteiger partial charge is 0.302 e. The first-order chi connectivity index (χ1) is 23.4. The van der Waals surface area contributed by atoms with Crippen molar-refractivity contribution in [3.8, 4) is 0 Å². The van der Waals surface area contributed by atoms with E-state index in [2.05, 4.69) is 103 Å². The molecule has 0 atom stereocenters. The summed E-state index contributed by atoms with van der Waals surface area (Å²) >= 11 is 0. The van der Waals surface area contributed by atoms with Crippen LogP contribution in [0.2, 0.25) is 89.1 Å². The molecule has 0 spiro atoms. The number of benzene rings is 2. The van der Waals surface area contributed by atoms with Crippen molar-refractivity contribution in [3.05, 3.63) is 72.8 Å². The molecule has 11 heteroatoms. The van der Waals surface area contributed by atoms with Crippen LogP contribution in [0.25, 0.3) is 0 Å². The van der Waals surface area contributed by atoms with Crippen LogP contribution in [-0.2, 0) is 27.5 Å². The van der Waals surface area contributed by atoms with Crippen LogP contribution >= 0.6 is 0 Å². The summed E-state index contributed by atoms with van der Waals surface area (Å²) in [6.45, 7) is 35.0. The highest BCUT2D eigenvalue weighted by atomic mass is 28.4. The van der Waals surface area contributed by atoms with Gasteiger partial charge in [-0.05, 0) is 62.8 Å². The van der Waals surface area contributed by atoms with E-state index in [4.69, 9.17) is 13.3 Å². The molecular formula is C41H86O6Si5. The van der Waals surface area contributed by atoms with Crippen LogP contribution in [0.4, 0.5) is 0 Å². The van der Waals surface area contributed by atoms with Gasteiger partial charge in [-0.2, -0.15) is 0 Å². The number of rotatable bonds is 16. The molecule has 0 bridgehead atoms. The van der Waals surface area contributed by atoms with Crippen LogP contribution in [0.1, 0.15) is 49.0 Å². The number of carbonyl (C=O) groups excluding carboxylic acids is 1. The van der Waals surface area contributed by atoms with E-state index < -0.39 is 41.1 Å². The van der Waals surface area contributed by atoms with E-state index >= 15 is 0 Å². The predicted octanol–water partition coefficient (Wildman–Crippen LogP) is 12.6. The first-order valence-corrected chi connectivity index (χ1v) is 34.6. The molecule has 0 aliphatic carbocycles. The molecule has 0 aliphatic rings. The van der Waals surface area contributed by atoms with Crippen LogP contribution in [0.15, 0.2) is 72.8 Å². The maximum Gasteiger partial charge on any atom is 0.302 e. The Bertz CT molecular complexity index is 973. The number of esters is 1. The summed E-state index contributed by atoms with van der Waals surface area (Å²) in [6.07, 6.45) is 2.73. The van der Waals surface area contributed by atoms with Crippen molar-refractivity contribution in [1.82, 2.24) is 0 Å². The lowest BCUT2D eigenvalue weighted by Crippen LogP contribution is -2.56. The maximum atomic E-state index is 9.59. The molecule has 0 saturated carbocycles. The second kappa shape index (κ2) is 30.1. The molecule has 0 unspecified atom stereocenters. The van der Waals surface area contributed by atoms with Gasteiger partial charge in [-0.3, -0.25) is 4.79 Å². The zero-order chi connectivity index (χ0) is 40.3. The number of methoxy groups -OCH3 is 2. The summed E-state index contributed by atoms with van der Waals surface area (Å²) < 4.78 is 28.6. The summed E-state index contributed by atoms with van der Waals surface area (Å²) in [7, 11) is -3.21. The van der Waals surface area contributed by atoms with Crippen molar-refractivity contribution >= 4 is 47.1 Å². The van der Waals surface area contributed by atoms with E-state index in [1.165, 1.54) is 44.3 Å². The summed E-state index contributed by atoms with van der Waals surface area (Å²) in [6, 6.07) is 30.1. The first kappa shape index (κ1) is 57.6. The molecule has 2 rings (SSSR count). The summed E-state index contributed by atoms with van der Waals surface area (Å²) in [4.78, 5) is 9.59. The molecule has 0 radical (unpaired) electrons. The molecule has 0 aromatic heterocycles. The van der Waals surface area contributed by atoms with Crippen molar-refractivity contribution in [2.75, 3.05) is 40.0 Å². The third-order valence-corrected chi connectivity index (χ3v) is 22.9. The second-order valence-electron chi connectivity index (χ2n) is 17.2. The average molecular weight is 816 g/mol. The summed E-state index contributed by atoms with van der Waals surface area (Å²) in [5, 5.41) is 0. The molecule has 0 fully saturated rings. The molecular weight excluding hydrogens is 729 g/mol. The van der Waals surface area contributed by atoms with Crippen molar-refractivity contribution in [2.45, 2.75) is 138 Å². The normalized spacial score (nSPS) is 11.7. The molecule has 0 amide bonds. The Morgan fingerprint density at radius 2 is 0.769 bits per heavy atom. The zero-order valence-corrected chi connectivity index (χ0v) is 41.5. The lowest BCUT2D eigenvalue weighted by atomic mass is 10.00. The topological polar surface area (TPSA) is 63.2 Å². The number of carbonyl (C=O) groups is 1. The fraction of sp³-hybridized carbons (Fsp3) is 0.683. The molecule has 2 aromatic rings. The Hall–Kier alpha value is -1.17. The highest BCUT2D eigenvalue weighted by molar-refractivity contribution is 6.83. The molecule has 0 heterocycles. The van der Waals surface area contributed by atoms with Crippen LogP contribution in [0.5, 0.6) is 0 Å². The van der Waals surface area contributed by atoms with Gasteiger partial charge in [0.2, 0.25) is 0 Å². The first-order valence-electron chi connectivity index (χ1n) is 18.8. The second-order valence-corrected chi connectivity index (χ2v) is 40.4. The van der Waals surface area contributed by atoms with E-state index in [9.17, 15) is 4.79 Å². The Morgan fingerprint density at radius 1 is 0.519 bits per heavy atom. The van der Waals surface area contributed by atoms with Crippen LogP contribution in [0.3, 0.4) is 0 Å².